The van der Waals surface area contributed by atoms with Crippen molar-refractivity contribution in [1.82, 2.24) is 4.98 Å². The van der Waals surface area contributed by atoms with Crippen LogP contribution in [0.4, 0.5) is 5.69 Å². The number of ketones is 1. The molecule has 0 radical (unpaired) electrons. The van der Waals surface area contributed by atoms with Crippen LogP contribution in [0.2, 0.25) is 5.02 Å². The third-order valence-electron chi connectivity index (χ3n) is 4.17. The number of H-pyrrole nitrogens is 1. The highest BCUT2D eigenvalue weighted by molar-refractivity contribution is 7.92. The SMILES string of the molecule is CN(c1ccccc1)S(=O)(=O)c1ccc(Cl)c(C(=O)OCC(=O)c2ccc[nH]2)c1. The van der Waals surface area contributed by atoms with E-state index >= 15 is 0 Å². The van der Waals surface area contributed by atoms with E-state index in [0.29, 0.717) is 11.4 Å². The summed E-state index contributed by atoms with van der Waals surface area (Å²) in [5, 5.41) is 0.0173. The fraction of sp³-hybridized carbons (Fsp3) is 0.100. The fourth-order valence-corrected chi connectivity index (χ4v) is 3.96. The van der Waals surface area contributed by atoms with E-state index in [-0.39, 0.29) is 15.5 Å². The highest BCUT2D eigenvalue weighted by Crippen LogP contribution is 2.26. The summed E-state index contributed by atoms with van der Waals surface area (Å²) < 4.78 is 31.9. The average molecular weight is 433 g/mol. The molecule has 2 aromatic carbocycles. The molecular weight excluding hydrogens is 416 g/mol. The first-order valence-electron chi connectivity index (χ1n) is 8.48. The van der Waals surface area contributed by atoms with Gasteiger partial charge in [-0.15, -0.1) is 0 Å². The van der Waals surface area contributed by atoms with Crippen molar-refractivity contribution in [3.8, 4) is 0 Å². The van der Waals surface area contributed by atoms with E-state index in [1.54, 1.807) is 48.7 Å². The molecule has 0 aliphatic carbocycles. The molecule has 0 saturated carbocycles. The molecule has 0 bridgehead atoms. The summed E-state index contributed by atoms with van der Waals surface area (Å²) in [5.74, 6) is -1.32. The highest BCUT2D eigenvalue weighted by atomic mass is 35.5. The van der Waals surface area contributed by atoms with E-state index in [1.165, 1.54) is 19.2 Å². The number of carbonyl (C=O) groups is 2. The molecule has 0 aliphatic heterocycles. The van der Waals surface area contributed by atoms with E-state index in [1.807, 2.05) is 0 Å². The number of aromatic amines is 1. The molecule has 3 aromatic rings. The molecule has 0 aliphatic rings. The van der Waals surface area contributed by atoms with Crippen molar-refractivity contribution in [1.29, 1.82) is 0 Å². The van der Waals surface area contributed by atoms with Crippen LogP contribution in [0.25, 0.3) is 0 Å². The number of sulfonamides is 1. The van der Waals surface area contributed by atoms with Crippen LogP contribution < -0.4 is 4.31 Å². The molecule has 9 heteroatoms. The summed E-state index contributed by atoms with van der Waals surface area (Å²) in [6.07, 6.45) is 1.57. The first-order valence-corrected chi connectivity index (χ1v) is 10.3. The third-order valence-corrected chi connectivity index (χ3v) is 6.28. The molecule has 7 nitrogen and oxygen atoms in total. The predicted molar refractivity (Wildman–Crippen MR) is 109 cm³/mol. The van der Waals surface area contributed by atoms with Gasteiger partial charge in [0.05, 0.1) is 26.9 Å². The number of carbonyl (C=O) groups excluding carboxylic acids is 2. The Labute approximate surface area is 172 Å². The van der Waals surface area contributed by atoms with Gasteiger partial charge in [0.2, 0.25) is 5.78 Å². The Morgan fingerprint density at radius 2 is 1.79 bits per heavy atom. The quantitative estimate of drug-likeness (QED) is 0.455. The third kappa shape index (κ3) is 4.49. The number of halogens is 1. The minimum Gasteiger partial charge on any atom is -0.454 e. The Kier molecular flexibility index (Phi) is 6.05. The Morgan fingerprint density at radius 3 is 2.45 bits per heavy atom. The number of benzene rings is 2. The van der Waals surface area contributed by atoms with Crippen molar-refractivity contribution in [2.75, 3.05) is 18.0 Å². The fourth-order valence-electron chi connectivity index (χ4n) is 2.55. The van der Waals surface area contributed by atoms with Crippen LogP contribution in [0.5, 0.6) is 0 Å². The van der Waals surface area contributed by atoms with Gasteiger partial charge in [-0.3, -0.25) is 9.10 Å². The summed E-state index contributed by atoms with van der Waals surface area (Å²) in [5.41, 5.74) is 0.612. The van der Waals surface area contributed by atoms with Gasteiger partial charge in [-0.2, -0.15) is 0 Å². The zero-order valence-corrected chi connectivity index (χ0v) is 16.9. The lowest BCUT2D eigenvalue weighted by Gasteiger charge is -2.20. The number of nitrogens with zero attached hydrogens (tertiary/aromatic N) is 1. The molecule has 0 spiro atoms. The Hall–Kier alpha value is -3.10. The van der Waals surface area contributed by atoms with Gasteiger partial charge in [0, 0.05) is 13.2 Å². The van der Waals surface area contributed by atoms with Gasteiger partial charge >= 0.3 is 5.97 Å². The van der Waals surface area contributed by atoms with Crippen LogP contribution in [-0.4, -0.2) is 38.8 Å². The van der Waals surface area contributed by atoms with Gasteiger partial charge < -0.3 is 9.72 Å². The smallest absolute Gasteiger partial charge is 0.340 e. The first kappa shape index (κ1) is 20.6. The molecular formula is C20H17ClN2O5S. The topological polar surface area (TPSA) is 96.5 Å². The lowest BCUT2D eigenvalue weighted by molar-refractivity contribution is 0.0473. The molecule has 0 saturated heterocycles. The van der Waals surface area contributed by atoms with Gasteiger partial charge in [-0.05, 0) is 42.5 Å². The normalized spacial score (nSPS) is 11.1. The van der Waals surface area contributed by atoms with Crippen molar-refractivity contribution >= 4 is 39.1 Å². The maximum Gasteiger partial charge on any atom is 0.340 e. The predicted octanol–water partition coefficient (Wildman–Crippen LogP) is 3.53. The summed E-state index contributed by atoms with van der Waals surface area (Å²) in [6.45, 7) is -0.503. The summed E-state index contributed by atoms with van der Waals surface area (Å²) in [7, 11) is -2.53. The van der Waals surface area contributed by atoms with Gasteiger partial charge in [0.25, 0.3) is 10.0 Å². The number of Topliss-reactive ketones (excluding diaryl/α,β-unsaturated/α-hetero) is 1. The van der Waals surface area contributed by atoms with Crippen molar-refractivity contribution in [3.05, 3.63) is 83.1 Å². The molecule has 1 aromatic heterocycles. The van der Waals surface area contributed by atoms with E-state index in [2.05, 4.69) is 4.98 Å². The zero-order valence-electron chi connectivity index (χ0n) is 15.3. The lowest BCUT2D eigenvalue weighted by atomic mass is 10.2. The van der Waals surface area contributed by atoms with Crippen LogP contribution >= 0.6 is 11.6 Å². The molecule has 3 rings (SSSR count). The van der Waals surface area contributed by atoms with Crippen LogP contribution in [0.1, 0.15) is 20.8 Å². The molecule has 150 valence electrons. The van der Waals surface area contributed by atoms with Crippen LogP contribution in [-0.2, 0) is 14.8 Å². The van der Waals surface area contributed by atoms with Crippen LogP contribution in [0.3, 0.4) is 0 Å². The van der Waals surface area contributed by atoms with Gasteiger partial charge in [0.1, 0.15) is 0 Å². The Morgan fingerprint density at radius 1 is 1.07 bits per heavy atom. The minimum atomic E-state index is -3.94. The standard InChI is InChI=1S/C20H17ClN2O5S/c1-23(14-6-3-2-4-7-14)29(26,27)15-9-10-17(21)16(12-15)20(25)28-13-19(24)18-8-5-11-22-18/h2-12,22H,13H2,1H3. The maximum atomic E-state index is 12.9. The molecule has 29 heavy (non-hydrogen) atoms. The Bertz CT molecular complexity index is 1130. The van der Waals surface area contributed by atoms with Crippen molar-refractivity contribution < 1.29 is 22.7 Å². The second-order valence-corrected chi connectivity index (χ2v) is 8.41. The number of hydrogen-bond acceptors (Lipinski definition) is 5. The highest BCUT2D eigenvalue weighted by Gasteiger charge is 2.24. The second-order valence-electron chi connectivity index (χ2n) is 6.03. The van der Waals surface area contributed by atoms with Crippen LogP contribution in [0.15, 0.2) is 71.8 Å². The number of esters is 1. The number of para-hydroxylation sites is 1. The monoisotopic (exact) mass is 432 g/mol. The Balaban J connectivity index is 1.82. The maximum absolute atomic E-state index is 12.9. The second kappa shape index (κ2) is 8.50. The number of hydrogen-bond donors (Lipinski definition) is 1. The van der Waals surface area contributed by atoms with E-state index < -0.39 is 28.4 Å². The molecule has 0 fully saturated rings. The van der Waals surface area contributed by atoms with Gasteiger partial charge in [-0.1, -0.05) is 29.8 Å². The van der Waals surface area contributed by atoms with Gasteiger partial charge in [-0.25, -0.2) is 13.2 Å². The number of anilines is 1. The van der Waals surface area contributed by atoms with Crippen molar-refractivity contribution in [3.63, 3.8) is 0 Å². The number of nitrogens with one attached hydrogen (secondary N) is 1. The molecule has 1 heterocycles. The molecule has 0 unspecified atom stereocenters. The average Bonchev–Trinajstić information content (AvgIpc) is 3.27. The van der Waals surface area contributed by atoms with E-state index in [4.69, 9.17) is 16.3 Å². The van der Waals surface area contributed by atoms with E-state index in [9.17, 15) is 18.0 Å². The van der Waals surface area contributed by atoms with Crippen LogP contribution in [0, 0.1) is 0 Å². The lowest BCUT2D eigenvalue weighted by Crippen LogP contribution is -2.26. The largest absolute Gasteiger partial charge is 0.454 e. The number of ether oxygens (including phenoxy) is 1. The molecule has 1 N–H and O–H groups in total. The summed E-state index contributed by atoms with van der Waals surface area (Å²) >= 11 is 6.05. The van der Waals surface area contributed by atoms with Crippen molar-refractivity contribution in [2.45, 2.75) is 4.90 Å². The first-order chi connectivity index (χ1) is 13.8. The number of aromatic nitrogens is 1. The minimum absolute atomic E-state index is 0.0173. The molecule has 0 atom stereocenters. The van der Waals surface area contributed by atoms with Crippen molar-refractivity contribution in [2.24, 2.45) is 0 Å². The van der Waals surface area contributed by atoms with Gasteiger partial charge in [0.15, 0.2) is 6.61 Å². The van der Waals surface area contributed by atoms with E-state index in [0.717, 1.165) is 10.4 Å². The summed E-state index contributed by atoms with van der Waals surface area (Å²) in [4.78, 5) is 26.9. The zero-order chi connectivity index (χ0) is 21.0. The molecule has 0 amide bonds. The number of rotatable bonds is 7. The summed E-state index contributed by atoms with van der Waals surface area (Å²) in [6, 6.07) is 15.4.